The van der Waals surface area contributed by atoms with E-state index in [9.17, 15) is 9.90 Å². The summed E-state index contributed by atoms with van der Waals surface area (Å²) in [4.78, 5) is 10.1. The van der Waals surface area contributed by atoms with Crippen LogP contribution in [0.3, 0.4) is 0 Å². The molecule has 0 aliphatic rings. The molecule has 3 nitrogen and oxygen atoms in total. The van der Waals surface area contributed by atoms with Crippen LogP contribution in [0.2, 0.25) is 0 Å². The predicted octanol–water partition coefficient (Wildman–Crippen LogP) is -0.890. The molecule has 0 amide bonds. The topological polar surface area (TPSA) is 66.2 Å². The summed E-state index contributed by atoms with van der Waals surface area (Å²) in [7, 11) is 0. The van der Waals surface area contributed by atoms with Crippen molar-refractivity contribution >= 4 is 5.97 Å². The van der Waals surface area contributed by atoms with Gasteiger partial charge in [-0.15, -0.1) is 0 Å². The van der Waals surface area contributed by atoms with Gasteiger partial charge in [0.1, 0.15) is 0 Å². The Morgan fingerprint density at radius 2 is 2.22 bits per heavy atom. The molecule has 0 aromatic carbocycles. The molecule has 0 aliphatic carbocycles. The van der Waals surface area contributed by atoms with Crippen LogP contribution in [0.4, 0.5) is 0 Å². The summed E-state index contributed by atoms with van der Waals surface area (Å²) >= 11 is 0. The summed E-state index contributed by atoms with van der Waals surface area (Å²) in [6.45, 7) is 3.69. The summed E-state index contributed by atoms with van der Waals surface area (Å²) in [6.07, 6.45) is 0.773. The molecule has 9 heavy (non-hydrogen) atoms. The highest BCUT2D eigenvalue weighted by Crippen LogP contribution is 2.03. The zero-order chi connectivity index (χ0) is 7.44. The first kappa shape index (κ1) is 8.43. The van der Waals surface area contributed by atoms with Gasteiger partial charge in [-0.25, -0.2) is 0 Å². The molecule has 0 heterocycles. The highest BCUT2D eigenvalue weighted by molar-refractivity contribution is 5.71. The molecule has 2 N–H and O–H groups in total. The van der Waals surface area contributed by atoms with Crippen LogP contribution < -0.4 is 10.8 Å². The number of carboxylic acid groups (broad SMARTS) is 1. The van der Waals surface area contributed by atoms with Gasteiger partial charge in [0.15, 0.2) is 0 Å². The van der Waals surface area contributed by atoms with E-state index in [-0.39, 0.29) is 5.92 Å². The molecule has 0 bridgehead atoms. The average molecular weight is 130 g/mol. The first-order valence-corrected chi connectivity index (χ1v) is 3.06. The average Bonchev–Trinajstić information content (AvgIpc) is 1.84. The van der Waals surface area contributed by atoms with Crippen molar-refractivity contribution in [1.82, 2.24) is 0 Å². The minimum absolute atomic E-state index is 0.00926. The summed E-state index contributed by atoms with van der Waals surface area (Å²) in [6, 6.07) is -0.810. The van der Waals surface area contributed by atoms with Crippen molar-refractivity contribution in [3.8, 4) is 0 Å². The smallest absolute Gasteiger partial charge is 0.0584 e. The summed E-state index contributed by atoms with van der Waals surface area (Å²) < 4.78 is 0. The number of carbonyl (C=O) groups is 1. The number of rotatable bonds is 3. The van der Waals surface area contributed by atoms with Gasteiger partial charge in [-0.2, -0.15) is 0 Å². The third-order valence-corrected chi connectivity index (χ3v) is 1.53. The fourth-order valence-corrected chi connectivity index (χ4v) is 0.486. The Balaban J connectivity index is 3.72. The molecule has 54 valence electrons. The maximum atomic E-state index is 10.1. The molecule has 0 spiro atoms. The molecule has 0 aliphatic heterocycles. The van der Waals surface area contributed by atoms with Crippen LogP contribution in [0.25, 0.3) is 0 Å². The molecule has 0 fully saturated rings. The fraction of sp³-hybridized carbons (Fsp3) is 0.833. The number of aliphatic carboxylic acids is 1. The van der Waals surface area contributed by atoms with Crippen LogP contribution in [0, 0.1) is 5.92 Å². The van der Waals surface area contributed by atoms with E-state index < -0.39 is 12.0 Å². The number of nitrogens with two attached hydrogens (primary N) is 1. The molecule has 0 aromatic rings. The molecule has 0 radical (unpaired) electrons. The van der Waals surface area contributed by atoms with E-state index in [1.165, 1.54) is 0 Å². The standard InChI is InChI=1S/C6H13NO2/c1-3-4(2)5(7)6(8)9/h4-5H,3,7H2,1-2H3,(H,8,9)/p-1/t4?,5-/m0/s1. The van der Waals surface area contributed by atoms with Gasteiger partial charge in [-0.3, -0.25) is 0 Å². The zero-order valence-electron chi connectivity index (χ0n) is 5.76. The molecule has 0 saturated carbocycles. The van der Waals surface area contributed by atoms with Crippen LogP contribution in [0.5, 0.6) is 0 Å². The number of carboxylic acids is 1. The molecule has 3 heteroatoms. The summed E-state index contributed by atoms with van der Waals surface area (Å²) in [5, 5.41) is 10.1. The van der Waals surface area contributed by atoms with Crippen molar-refractivity contribution < 1.29 is 9.90 Å². The zero-order valence-corrected chi connectivity index (χ0v) is 5.76. The summed E-state index contributed by atoms with van der Waals surface area (Å²) in [5.74, 6) is -1.15. The third kappa shape index (κ3) is 2.46. The first-order chi connectivity index (χ1) is 4.09. The fourth-order valence-electron chi connectivity index (χ4n) is 0.486. The van der Waals surface area contributed by atoms with Crippen molar-refractivity contribution in [2.24, 2.45) is 11.7 Å². The molecular weight excluding hydrogens is 118 g/mol. The first-order valence-electron chi connectivity index (χ1n) is 3.06. The number of hydrogen-bond acceptors (Lipinski definition) is 3. The lowest BCUT2D eigenvalue weighted by Crippen LogP contribution is -2.45. The predicted molar refractivity (Wildman–Crippen MR) is 32.4 cm³/mol. The van der Waals surface area contributed by atoms with E-state index in [1.807, 2.05) is 6.92 Å². The highest BCUT2D eigenvalue weighted by atomic mass is 16.4. The maximum Gasteiger partial charge on any atom is 0.0584 e. The lowest BCUT2D eigenvalue weighted by molar-refractivity contribution is -0.308. The van der Waals surface area contributed by atoms with Crippen molar-refractivity contribution in [3.63, 3.8) is 0 Å². The Labute approximate surface area is 54.9 Å². The van der Waals surface area contributed by atoms with Gasteiger partial charge < -0.3 is 15.6 Å². The van der Waals surface area contributed by atoms with Crippen LogP contribution in [-0.2, 0) is 4.79 Å². The van der Waals surface area contributed by atoms with E-state index in [2.05, 4.69) is 0 Å². The van der Waals surface area contributed by atoms with E-state index in [0.717, 1.165) is 6.42 Å². The van der Waals surface area contributed by atoms with Crippen molar-refractivity contribution in [2.75, 3.05) is 0 Å². The largest absolute Gasteiger partial charge is 0.548 e. The van der Waals surface area contributed by atoms with Crippen molar-refractivity contribution in [2.45, 2.75) is 26.3 Å². The van der Waals surface area contributed by atoms with Crippen molar-refractivity contribution in [1.29, 1.82) is 0 Å². The number of carbonyl (C=O) groups excluding carboxylic acids is 1. The lowest BCUT2D eigenvalue weighted by Gasteiger charge is -2.18. The second-order valence-corrected chi connectivity index (χ2v) is 2.23. The van der Waals surface area contributed by atoms with E-state index in [4.69, 9.17) is 5.73 Å². The minimum atomic E-state index is -1.16. The molecule has 2 atom stereocenters. The Morgan fingerprint density at radius 1 is 1.78 bits per heavy atom. The van der Waals surface area contributed by atoms with Gasteiger partial charge in [0.05, 0.1) is 5.97 Å². The second kappa shape index (κ2) is 3.45. The minimum Gasteiger partial charge on any atom is -0.548 e. The van der Waals surface area contributed by atoms with Gasteiger partial charge in [0.2, 0.25) is 0 Å². The second-order valence-electron chi connectivity index (χ2n) is 2.23. The van der Waals surface area contributed by atoms with Gasteiger partial charge in [-0.1, -0.05) is 20.3 Å². The Kier molecular flexibility index (Phi) is 3.24. The Morgan fingerprint density at radius 3 is 2.33 bits per heavy atom. The monoisotopic (exact) mass is 130 g/mol. The molecule has 0 rings (SSSR count). The normalized spacial score (nSPS) is 16.8. The van der Waals surface area contributed by atoms with Crippen LogP contribution in [0.1, 0.15) is 20.3 Å². The van der Waals surface area contributed by atoms with Crippen LogP contribution in [0.15, 0.2) is 0 Å². The molecule has 0 saturated heterocycles. The van der Waals surface area contributed by atoms with E-state index in [1.54, 1.807) is 6.92 Å². The van der Waals surface area contributed by atoms with Gasteiger partial charge >= 0.3 is 0 Å². The molecule has 0 aromatic heterocycles. The van der Waals surface area contributed by atoms with Gasteiger partial charge in [-0.05, 0) is 5.92 Å². The maximum absolute atomic E-state index is 10.1. The van der Waals surface area contributed by atoms with E-state index >= 15 is 0 Å². The quantitative estimate of drug-likeness (QED) is 0.539. The van der Waals surface area contributed by atoms with Crippen molar-refractivity contribution in [3.05, 3.63) is 0 Å². The van der Waals surface area contributed by atoms with E-state index in [0.29, 0.717) is 0 Å². The van der Waals surface area contributed by atoms with Gasteiger partial charge in [0.25, 0.3) is 0 Å². The Hall–Kier alpha value is -0.570. The molecular formula is C6H12NO2-. The summed E-state index contributed by atoms with van der Waals surface area (Å²) in [5.41, 5.74) is 5.21. The highest BCUT2D eigenvalue weighted by Gasteiger charge is 2.10. The third-order valence-electron chi connectivity index (χ3n) is 1.53. The Bertz CT molecular complexity index is 103. The lowest BCUT2D eigenvalue weighted by atomic mass is 10.0. The SMILES string of the molecule is CCC(C)[C@H](N)C(=O)[O-]. The number of hydrogen-bond donors (Lipinski definition) is 1. The van der Waals surface area contributed by atoms with Gasteiger partial charge in [0, 0.05) is 6.04 Å². The van der Waals surface area contributed by atoms with Crippen LogP contribution >= 0.6 is 0 Å². The molecule has 1 unspecified atom stereocenters. The van der Waals surface area contributed by atoms with Crippen LogP contribution in [-0.4, -0.2) is 12.0 Å².